The van der Waals surface area contributed by atoms with E-state index >= 15 is 0 Å². The minimum atomic E-state index is -0.297. The van der Waals surface area contributed by atoms with Gasteiger partial charge in [0.2, 0.25) is 0 Å². The number of hydrogen-bond donors (Lipinski definition) is 1. The molecule has 4 nitrogen and oxygen atoms in total. The van der Waals surface area contributed by atoms with Crippen LogP contribution in [-0.4, -0.2) is 15.7 Å². The summed E-state index contributed by atoms with van der Waals surface area (Å²) in [5.74, 6) is -0.468. The van der Waals surface area contributed by atoms with Gasteiger partial charge >= 0.3 is 0 Å². The second kappa shape index (κ2) is 6.11. The first-order valence-electron chi connectivity index (χ1n) is 8.09. The molecule has 4 rings (SSSR count). The van der Waals surface area contributed by atoms with E-state index in [-0.39, 0.29) is 11.7 Å². The summed E-state index contributed by atoms with van der Waals surface area (Å²) in [5.41, 5.74) is 5.32. The molecular formula is C20H15ClFN3O. The predicted molar refractivity (Wildman–Crippen MR) is 101 cm³/mol. The van der Waals surface area contributed by atoms with Crippen LogP contribution in [0.15, 0.2) is 42.5 Å². The van der Waals surface area contributed by atoms with Crippen LogP contribution < -0.4 is 5.32 Å². The lowest BCUT2D eigenvalue weighted by atomic mass is 10.0. The van der Waals surface area contributed by atoms with Crippen molar-refractivity contribution in [3.63, 3.8) is 0 Å². The standard InChI is InChI=1S/C20H15ClFN3O/c1-11-16(12(2)25(24-11)15-6-4-14(22)5-7-15)10-18-17-9-13(21)3-8-19(17)23-20(18)26/h3-10H,1-2H3,(H,23,26)/b18-10-. The number of rotatable bonds is 2. The van der Waals surface area contributed by atoms with Gasteiger partial charge in [-0.15, -0.1) is 0 Å². The number of aryl methyl sites for hydroxylation is 1. The van der Waals surface area contributed by atoms with Crippen LogP contribution in [0.2, 0.25) is 5.02 Å². The highest BCUT2D eigenvalue weighted by Crippen LogP contribution is 2.35. The Morgan fingerprint density at radius 3 is 2.62 bits per heavy atom. The summed E-state index contributed by atoms with van der Waals surface area (Å²) in [7, 11) is 0. The van der Waals surface area contributed by atoms with Crippen LogP contribution in [0.4, 0.5) is 10.1 Å². The summed E-state index contributed by atoms with van der Waals surface area (Å²) in [6, 6.07) is 11.4. The summed E-state index contributed by atoms with van der Waals surface area (Å²) in [5, 5.41) is 7.96. The van der Waals surface area contributed by atoms with Crippen LogP contribution in [0.5, 0.6) is 0 Å². The lowest BCUT2D eigenvalue weighted by Crippen LogP contribution is -2.03. The summed E-state index contributed by atoms with van der Waals surface area (Å²) in [6.07, 6.45) is 1.83. The zero-order valence-corrected chi connectivity index (χ0v) is 14.9. The van der Waals surface area contributed by atoms with Crippen molar-refractivity contribution in [2.24, 2.45) is 0 Å². The highest BCUT2D eigenvalue weighted by Gasteiger charge is 2.25. The second-order valence-electron chi connectivity index (χ2n) is 6.17. The van der Waals surface area contributed by atoms with Crippen LogP contribution in [0.1, 0.15) is 22.5 Å². The van der Waals surface area contributed by atoms with Crippen molar-refractivity contribution in [1.29, 1.82) is 0 Å². The van der Waals surface area contributed by atoms with Gasteiger partial charge in [0.05, 0.1) is 11.4 Å². The van der Waals surface area contributed by atoms with E-state index in [1.165, 1.54) is 12.1 Å². The molecule has 0 bridgehead atoms. The first kappa shape index (κ1) is 16.5. The quantitative estimate of drug-likeness (QED) is 0.663. The van der Waals surface area contributed by atoms with Gasteiger partial charge in [0, 0.05) is 33.1 Å². The maximum absolute atomic E-state index is 13.2. The Kier molecular flexibility index (Phi) is 3.89. The average Bonchev–Trinajstić information content (AvgIpc) is 3.07. The van der Waals surface area contributed by atoms with Gasteiger partial charge in [-0.05, 0) is 62.4 Å². The molecule has 1 aliphatic rings. The largest absolute Gasteiger partial charge is 0.321 e. The maximum atomic E-state index is 13.2. The third kappa shape index (κ3) is 2.70. The Labute approximate surface area is 154 Å². The third-order valence-electron chi connectivity index (χ3n) is 4.47. The fourth-order valence-electron chi connectivity index (χ4n) is 3.15. The SMILES string of the molecule is Cc1nn(-c2ccc(F)cc2)c(C)c1/C=C1\C(=O)Nc2ccc(Cl)cc21. The highest BCUT2D eigenvalue weighted by atomic mass is 35.5. The van der Waals surface area contributed by atoms with Gasteiger partial charge in [-0.2, -0.15) is 5.10 Å². The van der Waals surface area contributed by atoms with Gasteiger partial charge < -0.3 is 5.32 Å². The number of benzene rings is 2. The van der Waals surface area contributed by atoms with Gasteiger partial charge in [-0.25, -0.2) is 9.07 Å². The molecule has 2 aromatic carbocycles. The van der Waals surface area contributed by atoms with Crippen LogP contribution in [0.3, 0.4) is 0 Å². The Balaban J connectivity index is 1.83. The zero-order valence-electron chi connectivity index (χ0n) is 14.2. The van der Waals surface area contributed by atoms with E-state index in [0.29, 0.717) is 10.6 Å². The molecule has 0 aliphatic carbocycles. The van der Waals surface area contributed by atoms with Crippen molar-refractivity contribution in [3.05, 3.63) is 75.8 Å². The van der Waals surface area contributed by atoms with E-state index in [0.717, 1.165) is 33.9 Å². The number of amides is 1. The van der Waals surface area contributed by atoms with E-state index in [1.54, 1.807) is 35.0 Å². The molecule has 3 aromatic rings. The number of nitrogens with zero attached hydrogens (tertiary/aromatic N) is 2. The summed E-state index contributed by atoms with van der Waals surface area (Å²) in [4.78, 5) is 12.4. The molecule has 0 fully saturated rings. The Morgan fingerprint density at radius 2 is 1.88 bits per heavy atom. The third-order valence-corrected chi connectivity index (χ3v) is 4.71. The van der Waals surface area contributed by atoms with E-state index in [4.69, 9.17) is 11.6 Å². The molecule has 0 saturated heterocycles. The molecule has 2 heterocycles. The maximum Gasteiger partial charge on any atom is 0.256 e. The van der Waals surface area contributed by atoms with Crippen molar-refractivity contribution in [2.45, 2.75) is 13.8 Å². The molecule has 0 unspecified atom stereocenters. The van der Waals surface area contributed by atoms with Crippen molar-refractivity contribution in [1.82, 2.24) is 9.78 Å². The first-order valence-corrected chi connectivity index (χ1v) is 8.47. The van der Waals surface area contributed by atoms with Crippen LogP contribution in [-0.2, 0) is 4.79 Å². The van der Waals surface area contributed by atoms with E-state index in [9.17, 15) is 9.18 Å². The molecule has 26 heavy (non-hydrogen) atoms. The Bertz CT molecular complexity index is 1070. The topological polar surface area (TPSA) is 46.9 Å². The molecule has 6 heteroatoms. The number of halogens is 2. The molecule has 0 spiro atoms. The van der Waals surface area contributed by atoms with E-state index in [1.807, 2.05) is 19.9 Å². The number of aromatic nitrogens is 2. The van der Waals surface area contributed by atoms with Crippen molar-refractivity contribution < 1.29 is 9.18 Å². The molecule has 130 valence electrons. The van der Waals surface area contributed by atoms with Crippen LogP contribution in [0, 0.1) is 19.7 Å². The molecule has 1 aromatic heterocycles. The monoisotopic (exact) mass is 367 g/mol. The number of fused-ring (bicyclic) bond motifs is 1. The summed E-state index contributed by atoms with van der Waals surface area (Å²) >= 11 is 6.09. The predicted octanol–water partition coefficient (Wildman–Crippen LogP) is 4.77. The zero-order chi connectivity index (χ0) is 18.4. The molecule has 0 saturated carbocycles. The smallest absolute Gasteiger partial charge is 0.256 e. The van der Waals surface area contributed by atoms with Gasteiger partial charge in [0.15, 0.2) is 0 Å². The average molecular weight is 368 g/mol. The lowest BCUT2D eigenvalue weighted by molar-refractivity contribution is -0.110. The molecule has 1 amide bonds. The number of carbonyl (C=O) groups excluding carboxylic acids is 1. The van der Waals surface area contributed by atoms with Crippen molar-refractivity contribution in [2.75, 3.05) is 5.32 Å². The first-order chi connectivity index (χ1) is 12.4. The van der Waals surface area contributed by atoms with Gasteiger partial charge in [-0.1, -0.05) is 11.6 Å². The number of nitrogens with one attached hydrogen (secondary N) is 1. The Hall–Kier alpha value is -2.92. The molecule has 1 N–H and O–H groups in total. The Morgan fingerprint density at radius 1 is 1.15 bits per heavy atom. The van der Waals surface area contributed by atoms with Crippen molar-refractivity contribution >= 4 is 34.8 Å². The second-order valence-corrected chi connectivity index (χ2v) is 6.61. The van der Waals surface area contributed by atoms with Crippen LogP contribution >= 0.6 is 11.6 Å². The van der Waals surface area contributed by atoms with Gasteiger partial charge in [0.1, 0.15) is 5.82 Å². The lowest BCUT2D eigenvalue weighted by Gasteiger charge is -2.04. The number of carbonyl (C=O) groups is 1. The minimum Gasteiger partial charge on any atom is -0.321 e. The minimum absolute atomic E-state index is 0.171. The highest BCUT2D eigenvalue weighted by molar-refractivity contribution is 6.36. The van der Waals surface area contributed by atoms with E-state index in [2.05, 4.69) is 10.4 Å². The van der Waals surface area contributed by atoms with E-state index < -0.39 is 0 Å². The van der Waals surface area contributed by atoms with Gasteiger partial charge in [0.25, 0.3) is 5.91 Å². The summed E-state index contributed by atoms with van der Waals surface area (Å²) in [6.45, 7) is 3.80. The fourth-order valence-corrected chi connectivity index (χ4v) is 3.32. The fraction of sp³-hybridized carbons (Fsp3) is 0.100. The number of hydrogen-bond acceptors (Lipinski definition) is 2. The molecule has 1 aliphatic heterocycles. The van der Waals surface area contributed by atoms with Crippen LogP contribution in [0.25, 0.3) is 17.3 Å². The number of anilines is 1. The summed E-state index contributed by atoms with van der Waals surface area (Å²) < 4.78 is 14.9. The molecule has 0 radical (unpaired) electrons. The van der Waals surface area contributed by atoms with Gasteiger partial charge in [-0.3, -0.25) is 4.79 Å². The molecule has 0 atom stereocenters. The molecular weight excluding hydrogens is 353 g/mol. The normalized spacial score (nSPS) is 14.6. The van der Waals surface area contributed by atoms with Crippen molar-refractivity contribution in [3.8, 4) is 5.69 Å².